The Balaban J connectivity index is 1.28. The van der Waals surface area contributed by atoms with Crippen LogP contribution in [0, 0.1) is 23.7 Å². The molecule has 3 aromatic rings. The molecule has 1 aliphatic carbocycles. The van der Waals surface area contributed by atoms with Gasteiger partial charge in [0.1, 0.15) is 0 Å². The standard InChI is InChI=1S/C33H33F3/c1-2-3-4-25-5-7-26(8-6-25)9-10-27-13-19-30(20-14-27)31-21-15-28(16-22-31)11-12-29-17-23-32(24-18-29)33(34,35)36/h2,13-26H,1,3-10H2/t25-,26-. The Kier molecular flexibility index (Phi) is 8.70. The van der Waals surface area contributed by atoms with Crippen molar-refractivity contribution in [3.8, 4) is 23.0 Å². The lowest BCUT2D eigenvalue weighted by molar-refractivity contribution is -0.137. The molecular weight excluding hydrogens is 453 g/mol. The molecule has 0 heterocycles. The minimum atomic E-state index is -4.33. The number of hydrogen-bond donors (Lipinski definition) is 0. The van der Waals surface area contributed by atoms with Gasteiger partial charge < -0.3 is 0 Å². The minimum Gasteiger partial charge on any atom is -0.166 e. The third-order valence-corrected chi connectivity index (χ3v) is 7.32. The second-order valence-corrected chi connectivity index (χ2v) is 9.89. The normalized spacial score (nSPS) is 17.8. The first kappa shape index (κ1) is 25.8. The second kappa shape index (κ2) is 12.1. The summed E-state index contributed by atoms with van der Waals surface area (Å²) in [6.45, 7) is 3.85. The van der Waals surface area contributed by atoms with Crippen LogP contribution < -0.4 is 0 Å². The van der Waals surface area contributed by atoms with Crippen molar-refractivity contribution in [2.45, 2.75) is 57.5 Å². The molecule has 0 N–H and O–H groups in total. The SMILES string of the molecule is C=CCC[C@H]1CC[C@H](CCc2ccc(-c3ccc(C#Cc4ccc(C(F)(F)F)cc4)cc3)cc2)CC1. The van der Waals surface area contributed by atoms with Gasteiger partial charge >= 0.3 is 6.18 Å². The first-order valence-electron chi connectivity index (χ1n) is 12.9. The first-order valence-corrected chi connectivity index (χ1v) is 12.9. The predicted molar refractivity (Wildman–Crippen MR) is 143 cm³/mol. The highest BCUT2D eigenvalue weighted by atomic mass is 19.4. The number of hydrogen-bond acceptors (Lipinski definition) is 0. The Morgan fingerprint density at radius 1 is 0.694 bits per heavy atom. The molecule has 3 aromatic carbocycles. The molecule has 0 aromatic heterocycles. The average Bonchev–Trinajstić information content (AvgIpc) is 2.90. The van der Waals surface area contributed by atoms with E-state index < -0.39 is 11.7 Å². The first-order chi connectivity index (χ1) is 17.4. The molecule has 0 unspecified atom stereocenters. The maximum absolute atomic E-state index is 12.7. The Labute approximate surface area is 213 Å². The lowest BCUT2D eigenvalue weighted by atomic mass is 9.78. The van der Waals surface area contributed by atoms with Crippen LogP contribution >= 0.6 is 0 Å². The zero-order chi connectivity index (χ0) is 25.4. The molecule has 36 heavy (non-hydrogen) atoms. The molecule has 0 radical (unpaired) electrons. The third-order valence-electron chi connectivity index (χ3n) is 7.32. The van der Waals surface area contributed by atoms with E-state index in [-0.39, 0.29) is 0 Å². The van der Waals surface area contributed by atoms with Crippen LogP contribution in [0.2, 0.25) is 0 Å². The van der Waals surface area contributed by atoms with E-state index in [2.05, 4.69) is 42.7 Å². The third kappa shape index (κ3) is 7.37. The smallest absolute Gasteiger partial charge is 0.166 e. The number of rotatable bonds is 7. The maximum Gasteiger partial charge on any atom is 0.416 e. The van der Waals surface area contributed by atoms with Crippen molar-refractivity contribution in [1.82, 2.24) is 0 Å². The summed E-state index contributed by atoms with van der Waals surface area (Å²) in [7, 11) is 0. The number of benzene rings is 3. The van der Waals surface area contributed by atoms with Crippen molar-refractivity contribution in [3.63, 3.8) is 0 Å². The zero-order valence-electron chi connectivity index (χ0n) is 20.7. The van der Waals surface area contributed by atoms with Gasteiger partial charge in [0.25, 0.3) is 0 Å². The molecular formula is C33H33F3. The molecule has 0 spiro atoms. The largest absolute Gasteiger partial charge is 0.416 e. The molecule has 0 bridgehead atoms. The molecule has 4 rings (SSSR count). The fourth-order valence-electron chi connectivity index (χ4n) is 5.03. The van der Waals surface area contributed by atoms with Crippen LogP contribution in [-0.4, -0.2) is 0 Å². The molecule has 1 fully saturated rings. The van der Waals surface area contributed by atoms with Crippen LogP contribution in [0.25, 0.3) is 11.1 Å². The van der Waals surface area contributed by atoms with Crippen LogP contribution in [0.1, 0.15) is 67.2 Å². The number of aryl methyl sites for hydroxylation is 1. The quantitative estimate of drug-likeness (QED) is 0.230. The Hall–Kier alpha value is -3.25. The summed E-state index contributed by atoms with van der Waals surface area (Å²) in [6.07, 6.45) is 8.09. The summed E-state index contributed by atoms with van der Waals surface area (Å²) >= 11 is 0. The average molecular weight is 487 g/mol. The Morgan fingerprint density at radius 3 is 1.67 bits per heavy atom. The van der Waals surface area contributed by atoms with Crippen LogP contribution in [-0.2, 0) is 12.6 Å². The highest BCUT2D eigenvalue weighted by Gasteiger charge is 2.29. The topological polar surface area (TPSA) is 0 Å². The molecule has 1 saturated carbocycles. The van der Waals surface area contributed by atoms with Crippen molar-refractivity contribution in [1.29, 1.82) is 0 Å². The van der Waals surface area contributed by atoms with Gasteiger partial charge in [-0.2, -0.15) is 13.2 Å². The summed E-state index contributed by atoms with van der Waals surface area (Å²) in [4.78, 5) is 0. The molecule has 186 valence electrons. The van der Waals surface area contributed by atoms with E-state index in [1.54, 1.807) is 0 Å². The van der Waals surface area contributed by atoms with E-state index in [1.807, 2.05) is 30.3 Å². The van der Waals surface area contributed by atoms with Gasteiger partial charge in [-0.1, -0.05) is 80.0 Å². The van der Waals surface area contributed by atoms with Crippen molar-refractivity contribution in [2.75, 3.05) is 0 Å². The van der Waals surface area contributed by atoms with Gasteiger partial charge in [-0.3, -0.25) is 0 Å². The number of allylic oxidation sites excluding steroid dienone is 1. The lowest BCUT2D eigenvalue weighted by Gasteiger charge is -2.28. The summed E-state index contributed by atoms with van der Waals surface area (Å²) in [5.41, 5.74) is 4.41. The van der Waals surface area contributed by atoms with Gasteiger partial charge in [-0.15, -0.1) is 6.58 Å². The van der Waals surface area contributed by atoms with Gasteiger partial charge in [0.2, 0.25) is 0 Å². The molecule has 0 aliphatic heterocycles. The van der Waals surface area contributed by atoms with E-state index in [0.29, 0.717) is 5.56 Å². The molecule has 0 nitrogen and oxygen atoms in total. The van der Waals surface area contributed by atoms with Crippen LogP contribution in [0.5, 0.6) is 0 Å². The zero-order valence-corrected chi connectivity index (χ0v) is 20.7. The van der Waals surface area contributed by atoms with E-state index in [4.69, 9.17) is 0 Å². The summed E-state index contributed by atoms with van der Waals surface area (Å²) in [6, 6.07) is 21.8. The van der Waals surface area contributed by atoms with E-state index in [1.165, 1.54) is 61.8 Å². The number of halogens is 3. The lowest BCUT2D eigenvalue weighted by Crippen LogP contribution is -2.15. The van der Waals surface area contributed by atoms with E-state index in [9.17, 15) is 13.2 Å². The summed E-state index contributed by atoms with van der Waals surface area (Å²) < 4.78 is 38.1. The summed E-state index contributed by atoms with van der Waals surface area (Å²) in [5, 5.41) is 0. The minimum absolute atomic E-state index is 0.559. The summed E-state index contributed by atoms with van der Waals surface area (Å²) in [5.74, 6) is 7.73. The molecule has 3 heteroatoms. The fourth-order valence-corrected chi connectivity index (χ4v) is 5.03. The van der Waals surface area contributed by atoms with Gasteiger partial charge in [0.15, 0.2) is 0 Å². The van der Waals surface area contributed by atoms with E-state index in [0.717, 1.165) is 47.9 Å². The Morgan fingerprint density at radius 2 is 1.17 bits per heavy atom. The van der Waals surface area contributed by atoms with Gasteiger partial charge in [0.05, 0.1) is 5.56 Å². The highest BCUT2D eigenvalue weighted by molar-refractivity contribution is 5.64. The van der Waals surface area contributed by atoms with Gasteiger partial charge in [-0.25, -0.2) is 0 Å². The monoisotopic (exact) mass is 486 g/mol. The highest BCUT2D eigenvalue weighted by Crippen LogP contribution is 2.34. The predicted octanol–water partition coefficient (Wildman–Crippen LogP) is 9.48. The van der Waals surface area contributed by atoms with Crippen molar-refractivity contribution in [3.05, 3.63) is 108 Å². The second-order valence-electron chi connectivity index (χ2n) is 9.89. The molecule has 1 aliphatic rings. The Bertz CT molecular complexity index is 1170. The maximum atomic E-state index is 12.7. The van der Waals surface area contributed by atoms with Crippen molar-refractivity contribution >= 4 is 0 Å². The molecule has 0 saturated heterocycles. The van der Waals surface area contributed by atoms with E-state index >= 15 is 0 Å². The van der Waals surface area contributed by atoms with Gasteiger partial charge in [0, 0.05) is 11.1 Å². The van der Waals surface area contributed by atoms with Crippen LogP contribution in [0.3, 0.4) is 0 Å². The van der Waals surface area contributed by atoms with Crippen molar-refractivity contribution in [2.24, 2.45) is 11.8 Å². The van der Waals surface area contributed by atoms with Gasteiger partial charge in [-0.05, 0) is 90.6 Å². The van der Waals surface area contributed by atoms with Crippen molar-refractivity contribution < 1.29 is 13.2 Å². The molecule has 0 amide bonds. The molecule has 0 atom stereocenters. The fraction of sp³-hybridized carbons (Fsp3) is 0.333. The van der Waals surface area contributed by atoms with Crippen LogP contribution in [0.15, 0.2) is 85.5 Å². The van der Waals surface area contributed by atoms with Crippen LogP contribution in [0.4, 0.5) is 13.2 Å². The number of alkyl halides is 3.